The molecular formula is C10H15N7O2S. The number of nitrogens with two attached hydrogens (primary N) is 1. The second kappa shape index (κ2) is 4.42. The molecule has 0 aliphatic carbocycles. The topological polar surface area (TPSA) is 130 Å². The van der Waals surface area contributed by atoms with E-state index in [9.17, 15) is 9.59 Å². The predicted molar refractivity (Wildman–Crippen MR) is 70.2 cm³/mol. The number of nitrogens with one attached hydrogen (secondary N) is 2. The van der Waals surface area contributed by atoms with Gasteiger partial charge in [0.15, 0.2) is 5.82 Å². The van der Waals surface area contributed by atoms with Crippen molar-refractivity contribution in [2.45, 2.75) is 36.1 Å². The van der Waals surface area contributed by atoms with Crippen molar-refractivity contribution in [3.63, 3.8) is 0 Å². The van der Waals surface area contributed by atoms with E-state index in [4.69, 9.17) is 5.73 Å². The summed E-state index contributed by atoms with van der Waals surface area (Å²) >= 11 is 1.62. The number of thioether (sulfide) groups is 1. The molecule has 0 saturated carbocycles. The van der Waals surface area contributed by atoms with E-state index in [1.807, 2.05) is 13.8 Å². The van der Waals surface area contributed by atoms with Gasteiger partial charge in [0.2, 0.25) is 11.8 Å². The maximum atomic E-state index is 12.3. The van der Waals surface area contributed by atoms with Crippen LogP contribution in [0.2, 0.25) is 0 Å². The molecule has 3 heterocycles. The third-order valence-corrected chi connectivity index (χ3v) is 5.14. The first-order valence-electron chi connectivity index (χ1n) is 6.19. The summed E-state index contributed by atoms with van der Waals surface area (Å²) in [5, 5.41) is 16.3. The van der Waals surface area contributed by atoms with E-state index in [2.05, 4.69) is 25.9 Å². The lowest BCUT2D eigenvalue weighted by atomic mass is 9.95. The first-order valence-corrected chi connectivity index (χ1v) is 7.06. The molecule has 0 aromatic carbocycles. The molecule has 2 amide bonds. The molecule has 108 valence electrons. The van der Waals surface area contributed by atoms with Gasteiger partial charge >= 0.3 is 0 Å². The van der Waals surface area contributed by atoms with Crippen molar-refractivity contribution < 1.29 is 9.59 Å². The molecule has 10 heteroatoms. The van der Waals surface area contributed by atoms with Gasteiger partial charge in [-0.3, -0.25) is 9.59 Å². The molecule has 3 rings (SSSR count). The fourth-order valence-electron chi connectivity index (χ4n) is 2.70. The van der Waals surface area contributed by atoms with Crippen LogP contribution in [-0.2, 0) is 9.59 Å². The summed E-state index contributed by atoms with van der Waals surface area (Å²) in [6, 6.07) is -0.748. The number of carbonyl (C=O) groups is 2. The van der Waals surface area contributed by atoms with E-state index in [0.717, 1.165) is 0 Å². The zero-order chi connectivity index (χ0) is 14.5. The summed E-state index contributed by atoms with van der Waals surface area (Å²) in [5.74, 6) is 0.101. The summed E-state index contributed by atoms with van der Waals surface area (Å²) < 4.78 is -0.246. The zero-order valence-corrected chi connectivity index (χ0v) is 11.8. The van der Waals surface area contributed by atoms with Crippen molar-refractivity contribution in [2.75, 3.05) is 6.54 Å². The molecule has 0 spiro atoms. The number of fused-ring (bicyclic) bond motifs is 1. The van der Waals surface area contributed by atoms with Crippen molar-refractivity contribution >= 4 is 23.6 Å². The normalized spacial score (nSPS) is 30.9. The summed E-state index contributed by atoms with van der Waals surface area (Å²) in [7, 11) is 0. The van der Waals surface area contributed by atoms with Crippen molar-refractivity contribution in [2.24, 2.45) is 5.73 Å². The molecule has 2 unspecified atom stereocenters. The highest BCUT2D eigenvalue weighted by Gasteiger charge is 2.63. The third kappa shape index (κ3) is 1.79. The minimum atomic E-state index is -0.517. The molecule has 0 bridgehead atoms. The Morgan fingerprint density at radius 2 is 2.35 bits per heavy atom. The largest absolute Gasteiger partial charge is 0.341 e. The van der Waals surface area contributed by atoms with Crippen molar-refractivity contribution in [1.29, 1.82) is 0 Å². The molecule has 2 saturated heterocycles. The first-order chi connectivity index (χ1) is 9.45. The average molecular weight is 297 g/mol. The lowest BCUT2D eigenvalue weighted by Crippen LogP contribution is -2.68. The molecule has 0 radical (unpaired) electrons. The van der Waals surface area contributed by atoms with Crippen LogP contribution in [0.15, 0.2) is 0 Å². The Labute approximate surface area is 119 Å². The summed E-state index contributed by atoms with van der Waals surface area (Å²) in [5.41, 5.74) is 5.26. The van der Waals surface area contributed by atoms with Gasteiger partial charge in [-0.25, -0.2) is 5.10 Å². The van der Waals surface area contributed by atoms with Crippen molar-refractivity contribution in [3.05, 3.63) is 5.82 Å². The van der Waals surface area contributed by atoms with E-state index in [1.165, 1.54) is 0 Å². The standard InChI is InChI=1S/C10H15N7O2S/c1-10(2)6(7-13-15-16-14-7)17-8(19)5(9(17)20-10)12-4(18)3-11/h5-6,9H,3,11H2,1-2H3,(H,12,18)(H,13,14,15,16)/t5?,6?,9-/m1/s1. The van der Waals surface area contributed by atoms with Crippen LogP contribution < -0.4 is 11.1 Å². The molecule has 2 aliphatic heterocycles. The maximum Gasteiger partial charge on any atom is 0.249 e. The number of hydrogen-bond acceptors (Lipinski definition) is 7. The number of β-lactam (4-membered cyclic amide) rings is 1. The smallest absolute Gasteiger partial charge is 0.249 e. The van der Waals surface area contributed by atoms with Gasteiger partial charge < -0.3 is 16.0 Å². The van der Waals surface area contributed by atoms with Gasteiger partial charge in [0.25, 0.3) is 0 Å². The highest BCUT2D eigenvalue weighted by molar-refractivity contribution is 8.01. The number of carbonyl (C=O) groups excluding carboxylic acids is 2. The average Bonchev–Trinajstić information content (AvgIpc) is 2.99. The second-order valence-electron chi connectivity index (χ2n) is 5.30. The molecular weight excluding hydrogens is 282 g/mol. The van der Waals surface area contributed by atoms with Gasteiger partial charge in [-0.1, -0.05) is 0 Å². The van der Waals surface area contributed by atoms with E-state index in [-0.39, 0.29) is 34.5 Å². The minimum Gasteiger partial charge on any atom is -0.341 e. The number of rotatable bonds is 3. The lowest BCUT2D eigenvalue weighted by Gasteiger charge is -2.44. The van der Waals surface area contributed by atoms with Gasteiger partial charge in [0.1, 0.15) is 17.5 Å². The van der Waals surface area contributed by atoms with Crippen LogP contribution in [-0.4, -0.2) is 60.0 Å². The van der Waals surface area contributed by atoms with Crippen LogP contribution in [0.1, 0.15) is 25.7 Å². The summed E-state index contributed by atoms with van der Waals surface area (Å²) in [6.45, 7) is 3.93. The van der Waals surface area contributed by atoms with Gasteiger partial charge in [-0.05, 0) is 24.3 Å². The van der Waals surface area contributed by atoms with Crippen molar-refractivity contribution in [1.82, 2.24) is 30.8 Å². The Kier molecular flexibility index (Phi) is 2.94. The molecule has 2 fully saturated rings. The maximum absolute atomic E-state index is 12.3. The van der Waals surface area contributed by atoms with Gasteiger partial charge in [0, 0.05) is 4.75 Å². The molecule has 1 aromatic heterocycles. The SMILES string of the molecule is CC1(C)S[C@@H]2C(NC(=O)CN)C(=O)N2C1c1nnn[nH]1. The minimum absolute atomic E-state index is 0.108. The molecule has 4 N–H and O–H groups in total. The van der Waals surface area contributed by atoms with Gasteiger partial charge in [-0.2, -0.15) is 0 Å². The lowest BCUT2D eigenvalue weighted by molar-refractivity contribution is -0.151. The number of aromatic amines is 1. The predicted octanol–water partition coefficient (Wildman–Crippen LogP) is -1.62. The number of amides is 2. The molecule has 2 aliphatic rings. The number of tetrazole rings is 1. The second-order valence-corrected chi connectivity index (χ2v) is 7.07. The van der Waals surface area contributed by atoms with E-state index < -0.39 is 6.04 Å². The Morgan fingerprint density at radius 3 is 2.95 bits per heavy atom. The molecule has 3 atom stereocenters. The zero-order valence-electron chi connectivity index (χ0n) is 11.0. The van der Waals surface area contributed by atoms with Crippen LogP contribution in [0.25, 0.3) is 0 Å². The van der Waals surface area contributed by atoms with E-state index >= 15 is 0 Å². The Morgan fingerprint density at radius 1 is 1.60 bits per heavy atom. The Bertz CT molecular complexity index is 546. The number of nitrogens with zero attached hydrogens (tertiary/aromatic N) is 4. The quantitative estimate of drug-likeness (QED) is 0.571. The molecule has 1 aromatic rings. The van der Waals surface area contributed by atoms with Crippen LogP contribution in [0, 0.1) is 0 Å². The van der Waals surface area contributed by atoms with E-state index in [0.29, 0.717) is 5.82 Å². The number of hydrogen-bond donors (Lipinski definition) is 3. The van der Waals surface area contributed by atoms with Gasteiger partial charge in [0.05, 0.1) is 6.54 Å². The van der Waals surface area contributed by atoms with Crippen LogP contribution in [0.5, 0.6) is 0 Å². The highest BCUT2D eigenvalue weighted by Crippen LogP contribution is 2.56. The summed E-state index contributed by atoms with van der Waals surface area (Å²) in [6.07, 6.45) is 0. The van der Waals surface area contributed by atoms with Crippen LogP contribution in [0.4, 0.5) is 0 Å². The molecule has 20 heavy (non-hydrogen) atoms. The summed E-state index contributed by atoms with van der Waals surface area (Å²) in [4.78, 5) is 25.3. The van der Waals surface area contributed by atoms with Crippen LogP contribution in [0.3, 0.4) is 0 Å². The van der Waals surface area contributed by atoms with Crippen LogP contribution >= 0.6 is 11.8 Å². The fourth-order valence-corrected chi connectivity index (χ4v) is 4.34. The number of aromatic nitrogens is 4. The first kappa shape index (κ1) is 13.3. The fraction of sp³-hybridized carbons (Fsp3) is 0.700. The molecule has 9 nitrogen and oxygen atoms in total. The monoisotopic (exact) mass is 297 g/mol. The number of H-pyrrole nitrogens is 1. The van der Waals surface area contributed by atoms with Gasteiger partial charge in [-0.15, -0.1) is 16.9 Å². The Hall–Kier alpha value is -1.68. The third-order valence-electron chi connectivity index (χ3n) is 3.56. The highest BCUT2D eigenvalue weighted by atomic mass is 32.2. The Balaban J connectivity index is 1.84. The van der Waals surface area contributed by atoms with Crippen molar-refractivity contribution in [3.8, 4) is 0 Å². The van der Waals surface area contributed by atoms with E-state index in [1.54, 1.807) is 16.7 Å².